The molecule has 0 N–H and O–H groups in total. The number of allylic oxidation sites excluding steroid dienone is 1. The van der Waals surface area contributed by atoms with Gasteiger partial charge in [-0.2, -0.15) is 0 Å². The van der Waals surface area contributed by atoms with Gasteiger partial charge in [0, 0.05) is 27.3 Å². The maximum atomic E-state index is 12.1. The molecule has 0 aliphatic heterocycles. The van der Waals surface area contributed by atoms with Gasteiger partial charge < -0.3 is 13.9 Å². The van der Waals surface area contributed by atoms with Crippen LogP contribution in [0.2, 0.25) is 0 Å². The summed E-state index contributed by atoms with van der Waals surface area (Å²) >= 11 is 0. The van der Waals surface area contributed by atoms with Crippen LogP contribution in [0.4, 0.5) is 0 Å². The van der Waals surface area contributed by atoms with Crippen LogP contribution in [0, 0.1) is 0 Å². The Morgan fingerprint density at radius 3 is 1.93 bits per heavy atom. The summed E-state index contributed by atoms with van der Waals surface area (Å²) in [7, 11) is -0.293. The number of nitrogens with zero attached hydrogens (tertiary/aromatic N) is 1. The molecule has 84 valence electrons. The van der Waals surface area contributed by atoms with E-state index in [1.807, 2.05) is 25.7 Å². The highest BCUT2D eigenvalue weighted by Gasteiger charge is 2.30. The first-order valence-corrected chi connectivity index (χ1v) is 6.27. The van der Waals surface area contributed by atoms with Crippen molar-refractivity contribution in [1.29, 1.82) is 0 Å². The SMILES string of the molecule is CC=C(N(CC)CC)P(=O)(OC)OC. The predicted octanol–water partition coefficient (Wildman–Crippen LogP) is 2.68. The first-order chi connectivity index (χ1) is 6.59. The van der Waals surface area contributed by atoms with Gasteiger partial charge in [0.15, 0.2) is 0 Å². The molecule has 0 radical (unpaired) electrons. The van der Waals surface area contributed by atoms with Crippen LogP contribution in [0.3, 0.4) is 0 Å². The molecular weight excluding hydrogens is 201 g/mol. The zero-order valence-electron chi connectivity index (χ0n) is 9.61. The third kappa shape index (κ3) is 2.84. The van der Waals surface area contributed by atoms with Crippen LogP contribution in [0.5, 0.6) is 0 Å². The van der Waals surface area contributed by atoms with Gasteiger partial charge in [-0.25, -0.2) is 0 Å². The lowest BCUT2D eigenvalue weighted by atomic mass is 10.5. The largest absolute Gasteiger partial charge is 0.376 e. The zero-order valence-corrected chi connectivity index (χ0v) is 10.5. The van der Waals surface area contributed by atoms with Gasteiger partial charge in [-0.1, -0.05) is 6.08 Å². The van der Waals surface area contributed by atoms with Gasteiger partial charge in [0.05, 0.1) is 0 Å². The van der Waals surface area contributed by atoms with Crippen molar-refractivity contribution in [2.45, 2.75) is 20.8 Å². The number of rotatable bonds is 6. The summed E-state index contributed by atoms with van der Waals surface area (Å²) in [5.74, 6) is 0. The fourth-order valence-electron chi connectivity index (χ4n) is 1.32. The molecule has 0 spiro atoms. The summed E-state index contributed by atoms with van der Waals surface area (Å²) in [4.78, 5) is 1.97. The maximum absolute atomic E-state index is 12.1. The summed E-state index contributed by atoms with van der Waals surface area (Å²) in [6, 6.07) is 0. The molecule has 0 saturated carbocycles. The fourth-order valence-corrected chi connectivity index (χ4v) is 2.79. The van der Waals surface area contributed by atoms with Gasteiger partial charge in [-0.05, 0) is 20.8 Å². The molecule has 0 fully saturated rings. The van der Waals surface area contributed by atoms with E-state index in [1.165, 1.54) is 14.2 Å². The molecule has 0 aromatic rings. The second-order valence-electron chi connectivity index (χ2n) is 2.68. The molecule has 0 unspecified atom stereocenters. The lowest BCUT2D eigenvalue weighted by molar-refractivity contribution is 0.264. The molecule has 0 saturated heterocycles. The second kappa shape index (κ2) is 6.23. The predicted molar refractivity (Wildman–Crippen MR) is 58.3 cm³/mol. The Morgan fingerprint density at radius 1 is 1.29 bits per heavy atom. The standard InChI is InChI=1S/C9H20NO3P/c1-6-9(10(7-2)8-3)14(11,12-4)13-5/h6H,7-8H2,1-5H3. The van der Waals surface area contributed by atoms with Crippen LogP contribution in [0.1, 0.15) is 20.8 Å². The topological polar surface area (TPSA) is 38.8 Å². The molecule has 5 heteroatoms. The van der Waals surface area contributed by atoms with Crippen molar-refractivity contribution in [3.63, 3.8) is 0 Å². The van der Waals surface area contributed by atoms with Crippen molar-refractivity contribution in [2.75, 3.05) is 27.3 Å². The molecule has 14 heavy (non-hydrogen) atoms. The Kier molecular flexibility index (Phi) is 6.09. The molecule has 0 atom stereocenters. The van der Waals surface area contributed by atoms with E-state index >= 15 is 0 Å². The quantitative estimate of drug-likeness (QED) is 0.646. The average molecular weight is 221 g/mol. The average Bonchev–Trinajstić information content (AvgIpc) is 2.24. The van der Waals surface area contributed by atoms with Gasteiger partial charge in [0.25, 0.3) is 0 Å². The van der Waals surface area contributed by atoms with Crippen LogP contribution in [-0.4, -0.2) is 32.2 Å². The smallest absolute Gasteiger partial charge is 0.366 e. The van der Waals surface area contributed by atoms with Gasteiger partial charge in [-0.3, -0.25) is 4.57 Å². The van der Waals surface area contributed by atoms with Crippen molar-refractivity contribution in [3.8, 4) is 0 Å². The van der Waals surface area contributed by atoms with E-state index in [9.17, 15) is 4.57 Å². The summed E-state index contributed by atoms with van der Waals surface area (Å²) in [6.07, 6.45) is 1.78. The van der Waals surface area contributed by atoms with Crippen molar-refractivity contribution < 1.29 is 13.6 Å². The van der Waals surface area contributed by atoms with E-state index in [1.54, 1.807) is 6.08 Å². The molecular formula is C9H20NO3P. The van der Waals surface area contributed by atoms with Crippen LogP contribution in [0.25, 0.3) is 0 Å². The summed E-state index contributed by atoms with van der Waals surface area (Å²) in [6.45, 7) is 7.41. The van der Waals surface area contributed by atoms with Crippen molar-refractivity contribution in [3.05, 3.63) is 11.5 Å². The van der Waals surface area contributed by atoms with E-state index in [2.05, 4.69) is 0 Å². The first kappa shape index (κ1) is 13.7. The summed E-state index contributed by atoms with van der Waals surface area (Å²) < 4.78 is 22.0. The number of hydrogen-bond acceptors (Lipinski definition) is 4. The monoisotopic (exact) mass is 221 g/mol. The lowest BCUT2D eigenvalue weighted by Crippen LogP contribution is -2.23. The third-order valence-electron chi connectivity index (χ3n) is 2.11. The number of hydrogen-bond donors (Lipinski definition) is 0. The van der Waals surface area contributed by atoms with Crippen molar-refractivity contribution in [2.24, 2.45) is 0 Å². The van der Waals surface area contributed by atoms with Crippen LogP contribution in [0.15, 0.2) is 11.5 Å². The molecule has 0 heterocycles. The maximum Gasteiger partial charge on any atom is 0.376 e. The van der Waals surface area contributed by atoms with Gasteiger partial charge >= 0.3 is 7.60 Å². The Bertz CT molecular complexity index is 228. The molecule has 4 nitrogen and oxygen atoms in total. The highest BCUT2D eigenvalue weighted by molar-refractivity contribution is 7.58. The van der Waals surface area contributed by atoms with Gasteiger partial charge in [-0.15, -0.1) is 0 Å². The van der Waals surface area contributed by atoms with Crippen LogP contribution in [-0.2, 0) is 13.6 Å². The minimum absolute atomic E-state index is 0.632. The van der Waals surface area contributed by atoms with Crippen LogP contribution < -0.4 is 0 Å². The van der Waals surface area contributed by atoms with E-state index < -0.39 is 7.60 Å². The fraction of sp³-hybridized carbons (Fsp3) is 0.778. The van der Waals surface area contributed by atoms with E-state index in [0.717, 1.165) is 13.1 Å². The van der Waals surface area contributed by atoms with Crippen LogP contribution >= 0.6 is 7.60 Å². The Labute approximate surface area is 86.4 Å². The highest BCUT2D eigenvalue weighted by atomic mass is 31.2. The molecule has 0 aromatic heterocycles. The normalized spacial score (nSPS) is 13.1. The van der Waals surface area contributed by atoms with Crippen molar-refractivity contribution >= 4 is 7.60 Å². The highest BCUT2D eigenvalue weighted by Crippen LogP contribution is 2.55. The Morgan fingerprint density at radius 2 is 1.71 bits per heavy atom. The molecule has 0 amide bonds. The van der Waals surface area contributed by atoms with E-state index in [-0.39, 0.29) is 0 Å². The minimum atomic E-state index is -3.09. The minimum Gasteiger partial charge on any atom is -0.366 e. The summed E-state index contributed by atoms with van der Waals surface area (Å²) in [5.41, 5.74) is 0.632. The molecule has 0 aromatic carbocycles. The third-order valence-corrected chi connectivity index (χ3v) is 4.17. The molecule has 0 aliphatic rings. The molecule has 0 bridgehead atoms. The summed E-state index contributed by atoms with van der Waals surface area (Å²) in [5, 5.41) is 0. The van der Waals surface area contributed by atoms with Gasteiger partial charge in [0.2, 0.25) is 0 Å². The molecule has 0 rings (SSSR count). The van der Waals surface area contributed by atoms with Crippen molar-refractivity contribution in [1.82, 2.24) is 4.90 Å². The second-order valence-corrected chi connectivity index (χ2v) is 4.87. The van der Waals surface area contributed by atoms with E-state index in [4.69, 9.17) is 9.05 Å². The lowest BCUT2D eigenvalue weighted by Gasteiger charge is -2.27. The first-order valence-electron chi connectivity index (χ1n) is 4.72. The zero-order chi connectivity index (χ0) is 11.2. The van der Waals surface area contributed by atoms with E-state index in [0.29, 0.717) is 5.44 Å². The molecule has 0 aliphatic carbocycles. The van der Waals surface area contributed by atoms with Gasteiger partial charge in [0.1, 0.15) is 5.44 Å². The Balaban J connectivity index is 4.97. The Hall–Kier alpha value is -0.310.